The Morgan fingerprint density at radius 2 is 1.75 bits per heavy atom. The monoisotopic (exact) mass is 378 g/mol. The van der Waals surface area contributed by atoms with E-state index in [-0.39, 0.29) is 23.8 Å². The van der Waals surface area contributed by atoms with E-state index >= 15 is 0 Å². The van der Waals surface area contributed by atoms with Crippen LogP contribution in [0.1, 0.15) is 48.6 Å². The highest BCUT2D eigenvalue weighted by Gasteiger charge is 2.25. The van der Waals surface area contributed by atoms with E-state index < -0.39 is 6.04 Å². The summed E-state index contributed by atoms with van der Waals surface area (Å²) in [5, 5.41) is 5.78. The second kappa shape index (κ2) is 8.25. The van der Waals surface area contributed by atoms with E-state index in [0.717, 1.165) is 16.6 Å². The summed E-state index contributed by atoms with van der Waals surface area (Å²) in [6, 6.07) is 14.1. The van der Waals surface area contributed by atoms with Crippen LogP contribution in [0.5, 0.6) is 0 Å². The first-order chi connectivity index (χ1) is 13.3. The van der Waals surface area contributed by atoms with Crippen LogP contribution in [0.2, 0.25) is 0 Å². The lowest BCUT2D eigenvalue weighted by atomic mass is 10.0. The Balaban J connectivity index is 1.70. The standard InChI is InChI=1S/C22H26N4O2/c1-13(2)19(20-24-17-10-5-6-11-18(17)25-20)26-21(27)15(4)23-22(28)16-9-7-8-14(3)12-16/h5-13,15,19H,1-4H3,(H,23,28)(H,24,25)(H,26,27)/t15-,19+/m0/s1. The molecule has 0 saturated heterocycles. The van der Waals surface area contributed by atoms with Gasteiger partial charge in [0.1, 0.15) is 11.9 Å². The number of rotatable bonds is 6. The van der Waals surface area contributed by atoms with Gasteiger partial charge in [-0.15, -0.1) is 0 Å². The van der Waals surface area contributed by atoms with Gasteiger partial charge in [-0.25, -0.2) is 4.98 Å². The number of hydrogen-bond acceptors (Lipinski definition) is 3. The molecule has 0 aliphatic carbocycles. The molecule has 3 rings (SSSR count). The number of carbonyl (C=O) groups is 2. The van der Waals surface area contributed by atoms with Gasteiger partial charge < -0.3 is 15.6 Å². The smallest absolute Gasteiger partial charge is 0.251 e. The molecule has 146 valence electrons. The summed E-state index contributed by atoms with van der Waals surface area (Å²) in [5.41, 5.74) is 3.32. The number of benzene rings is 2. The molecule has 1 heterocycles. The Hall–Kier alpha value is -3.15. The number of para-hydroxylation sites is 2. The number of hydrogen-bond donors (Lipinski definition) is 3. The van der Waals surface area contributed by atoms with Crippen molar-refractivity contribution in [3.63, 3.8) is 0 Å². The van der Waals surface area contributed by atoms with Crippen LogP contribution < -0.4 is 10.6 Å². The number of aryl methyl sites for hydroxylation is 1. The highest BCUT2D eigenvalue weighted by atomic mass is 16.2. The van der Waals surface area contributed by atoms with Crippen molar-refractivity contribution in [1.29, 1.82) is 0 Å². The number of imidazole rings is 1. The minimum absolute atomic E-state index is 0.129. The lowest BCUT2D eigenvalue weighted by molar-refractivity contribution is -0.123. The van der Waals surface area contributed by atoms with Gasteiger partial charge in [-0.1, -0.05) is 43.7 Å². The predicted molar refractivity (Wildman–Crippen MR) is 110 cm³/mol. The molecule has 0 radical (unpaired) electrons. The third-order valence-corrected chi connectivity index (χ3v) is 4.69. The van der Waals surface area contributed by atoms with Crippen LogP contribution >= 0.6 is 0 Å². The van der Waals surface area contributed by atoms with Gasteiger partial charge in [0.25, 0.3) is 5.91 Å². The molecule has 0 fully saturated rings. The molecule has 2 atom stereocenters. The Morgan fingerprint density at radius 1 is 1.00 bits per heavy atom. The molecule has 0 bridgehead atoms. The molecule has 0 spiro atoms. The van der Waals surface area contributed by atoms with Gasteiger partial charge in [-0.3, -0.25) is 9.59 Å². The zero-order valence-corrected chi connectivity index (χ0v) is 16.6. The zero-order chi connectivity index (χ0) is 20.3. The van der Waals surface area contributed by atoms with Gasteiger partial charge >= 0.3 is 0 Å². The van der Waals surface area contributed by atoms with Crippen molar-refractivity contribution >= 4 is 22.8 Å². The van der Waals surface area contributed by atoms with Gasteiger partial charge in [-0.2, -0.15) is 0 Å². The van der Waals surface area contributed by atoms with Crippen LogP contribution in [-0.2, 0) is 4.79 Å². The number of nitrogens with one attached hydrogen (secondary N) is 3. The number of nitrogens with zero attached hydrogens (tertiary/aromatic N) is 1. The topological polar surface area (TPSA) is 86.9 Å². The predicted octanol–water partition coefficient (Wildman–Crippen LogP) is 3.50. The molecule has 1 aromatic heterocycles. The summed E-state index contributed by atoms with van der Waals surface area (Å²) in [5.74, 6) is 0.322. The lowest BCUT2D eigenvalue weighted by Crippen LogP contribution is -2.46. The summed E-state index contributed by atoms with van der Waals surface area (Å²) in [4.78, 5) is 33.0. The maximum atomic E-state index is 12.7. The quantitative estimate of drug-likeness (QED) is 0.613. The number of carbonyl (C=O) groups excluding carboxylic acids is 2. The van der Waals surface area contributed by atoms with Gasteiger partial charge in [0.05, 0.1) is 17.1 Å². The van der Waals surface area contributed by atoms with Crippen LogP contribution in [0.25, 0.3) is 11.0 Å². The van der Waals surface area contributed by atoms with E-state index in [9.17, 15) is 9.59 Å². The van der Waals surface area contributed by atoms with Crippen LogP contribution in [0, 0.1) is 12.8 Å². The third kappa shape index (κ3) is 4.39. The van der Waals surface area contributed by atoms with Crippen molar-refractivity contribution < 1.29 is 9.59 Å². The summed E-state index contributed by atoms with van der Waals surface area (Å²) >= 11 is 0. The molecule has 0 unspecified atom stereocenters. The molecule has 3 N–H and O–H groups in total. The number of aromatic amines is 1. The molecule has 28 heavy (non-hydrogen) atoms. The molecule has 6 nitrogen and oxygen atoms in total. The minimum Gasteiger partial charge on any atom is -0.344 e. The van der Waals surface area contributed by atoms with Crippen molar-refractivity contribution in [2.24, 2.45) is 5.92 Å². The van der Waals surface area contributed by atoms with Gasteiger partial charge in [0.15, 0.2) is 0 Å². The van der Waals surface area contributed by atoms with Crippen LogP contribution in [0.4, 0.5) is 0 Å². The van der Waals surface area contributed by atoms with E-state index in [4.69, 9.17) is 0 Å². The molecule has 0 aliphatic rings. The third-order valence-electron chi connectivity index (χ3n) is 4.69. The maximum Gasteiger partial charge on any atom is 0.251 e. The van der Waals surface area contributed by atoms with E-state index in [1.165, 1.54) is 0 Å². The average molecular weight is 378 g/mol. The summed E-state index contributed by atoms with van der Waals surface area (Å²) in [7, 11) is 0. The molecular formula is C22H26N4O2. The summed E-state index contributed by atoms with van der Waals surface area (Å²) < 4.78 is 0. The molecular weight excluding hydrogens is 352 g/mol. The number of amides is 2. The van der Waals surface area contributed by atoms with Gasteiger partial charge in [-0.05, 0) is 44.0 Å². The van der Waals surface area contributed by atoms with E-state index in [1.54, 1.807) is 19.1 Å². The fourth-order valence-corrected chi connectivity index (χ4v) is 3.08. The van der Waals surface area contributed by atoms with Crippen molar-refractivity contribution in [2.75, 3.05) is 0 Å². The second-order valence-corrected chi connectivity index (χ2v) is 7.43. The molecule has 6 heteroatoms. The zero-order valence-electron chi connectivity index (χ0n) is 16.6. The average Bonchev–Trinajstić information content (AvgIpc) is 3.09. The first-order valence-corrected chi connectivity index (χ1v) is 9.47. The maximum absolute atomic E-state index is 12.7. The Morgan fingerprint density at radius 3 is 2.43 bits per heavy atom. The summed E-state index contributed by atoms with van der Waals surface area (Å²) in [6.07, 6.45) is 0. The molecule has 2 amide bonds. The van der Waals surface area contributed by atoms with Gasteiger partial charge in [0, 0.05) is 5.56 Å². The normalized spacial score (nSPS) is 13.3. The van der Waals surface area contributed by atoms with Gasteiger partial charge in [0.2, 0.25) is 5.91 Å². The number of aromatic nitrogens is 2. The fraction of sp³-hybridized carbons (Fsp3) is 0.318. The number of fused-ring (bicyclic) bond motifs is 1. The number of H-pyrrole nitrogens is 1. The molecule has 0 saturated carbocycles. The van der Waals surface area contributed by atoms with Crippen molar-refractivity contribution in [3.8, 4) is 0 Å². The highest BCUT2D eigenvalue weighted by molar-refractivity contribution is 5.97. The van der Waals surface area contributed by atoms with Crippen LogP contribution in [0.15, 0.2) is 48.5 Å². The van der Waals surface area contributed by atoms with E-state index in [0.29, 0.717) is 11.4 Å². The van der Waals surface area contributed by atoms with E-state index in [1.807, 2.05) is 57.2 Å². The summed E-state index contributed by atoms with van der Waals surface area (Å²) in [6.45, 7) is 7.65. The largest absolute Gasteiger partial charge is 0.344 e. The van der Waals surface area contributed by atoms with Crippen molar-refractivity contribution in [3.05, 3.63) is 65.5 Å². The van der Waals surface area contributed by atoms with Crippen LogP contribution in [-0.4, -0.2) is 27.8 Å². The minimum atomic E-state index is -0.668. The molecule has 2 aromatic carbocycles. The van der Waals surface area contributed by atoms with Crippen molar-refractivity contribution in [1.82, 2.24) is 20.6 Å². The van der Waals surface area contributed by atoms with Crippen LogP contribution in [0.3, 0.4) is 0 Å². The Kier molecular flexibility index (Phi) is 5.78. The first kappa shape index (κ1) is 19.6. The fourth-order valence-electron chi connectivity index (χ4n) is 3.08. The lowest BCUT2D eigenvalue weighted by Gasteiger charge is -2.23. The van der Waals surface area contributed by atoms with Crippen molar-refractivity contribution in [2.45, 2.75) is 39.8 Å². The molecule has 0 aliphatic heterocycles. The first-order valence-electron chi connectivity index (χ1n) is 9.47. The highest BCUT2D eigenvalue weighted by Crippen LogP contribution is 2.22. The Labute approximate surface area is 164 Å². The molecule has 3 aromatic rings. The Bertz CT molecular complexity index is 960. The SMILES string of the molecule is Cc1cccc(C(=O)N[C@@H](C)C(=O)N[C@@H](c2nc3ccccc3[nH]2)C(C)C)c1. The van der Waals surface area contributed by atoms with E-state index in [2.05, 4.69) is 20.6 Å². The second-order valence-electron chi connectivity index (χ2n) is 7.43.